The summed E-state index contributed by atoms with van der Waals surface area (Å²) in [5.41, 5.74) is 8.45. The van der Waals surface area contributed by atoms with Crippen LogP contribution in [0, 0.1) is 17.3 Å². The first-order valence-electron chi connectivity index (χ1n) is 19.9. The fraction of sp³-hybridized carbons (Fsp3) is 0.523. The number of hydrogen-bond donors (Lipinski definition) is 2. The van der Waals surface area contributed by atoms with Crippen LogP contribution >= 0.6 is 0 Å². The molecule has 9 nitrogen and oxygen atoms in total. The van der Waals surface area contributed by atoms with Gasteiger partial charge in [0.2, 0.25) is 11.8 Å². The van der Waals surface area contributed by atoms with Gasteiger partial charge in [0, 0.05) is 81.6 Å². The van der Waals surface area contributed by atoms with Crippen molar-refractivity contribution >= 4 is 29.1 Å². The van der Waals surface area contributed by atoms with E-state index in [1.54, 1.807) is 4.90 Å². The van der Waals surface area contributed by atoms with Gasteiger partial charge in [-0.25, -0.2) is 0 Å². The largest absolute Gasteiger partial charge is 0.508 e. The first-order valence-corrected chi connectivity index (χ1v) is 19.9. The zero-order valence-corrected chi connectivity index (χ0v) is 31.7. The van der Waals surface area contributed by atoms with Crippen molar-refractivity contribution in [3.05, 3.63) is 88.5 Å². The van der Waals surface area contributed by atoms with Crippen molar-refractivity contribution in [1.82, 2.24) is 15.1 Å². The number of amides is 3. The number of phenolic OH excluding ortho intramolecular Hbond substituents is 1. The van der Waals surface area contributed by atoms with Gasteiger partial charge >= 0.3 is 0 Å². The maximum Gasteiger partial charge on any atom is 0.255 e. The normalized spacial score (nSPS) is 24.3. The molecule has 3 saturated heterocycles. The number of nitrogens with zero attached hydrogens (tertiary/aromatic N) is 4. The molecule has 53 heavy (non-hydrogen) atoms. The minimum absolute atomic E-state index is 0.119. The van der Waals surface area contributed by atoms with Crippen molar-refractivity contribution in [2.45, 2.75) is 84.2 Å². The summed E-state index contributed by atoms with van der Waals surface area (Å²) in [6.45, 7) is 14.8. The Labute approximate surface area is 314 Å². The van der Waals surface area contributed by atoms with E-state index in [1.165, 1.54) is 41.6 Å². The summed E-state index contributed by atoms with van der Waals surface area (Å²) in [5, 5.41) is 12.6. The van der Waals surface area contributed by atoms with Gasteiger partial charge in [-0.05, 0) is 120 Å². The lowest BCUT2D eigenvalue weighted by atomic mass is 9.67. The van der Waals surface area contributed by atoms with Crippen LogP contribution in [0.1, 0.15) is 97.8 Å². The summed E-state index contributed by atoms with van der Waals surface area (Å²) in [5.74, 6) is 1.28. The molecule has 0 unspecified atom stereocenters. The third kappa shape index (κ3) is 7.55. The number of benzene rings is 3. The van der Waals surface area contributed by atoms with Crippen LogP contribution in [-0.2, 0) is 22.6 Å². The molecule has 280 valence electrons. The Hall–Kier alpha value is -4.37. The highest BCUT2D eigenvalue weighted by Gasteiger charge is 2.39. The van der Waals surface area contributed by atoms with Gasteiger partial charge in [0.25, 0.3) is 5.91 Å². The van der Waals surface area contributed by atoms with E-state index in [4.69, 9.17) is 0 Å². The number of fused-ring (bicyclic) bond motifs is 2. The number of aromatic hydroxyl groups is 1. The molecule has 8 rings (SSSR count). The van der Waals surface area contributed by atoms with Gasteiger partial charge in [-0.1, -0.05) is 39.0 Å². The predicted molar refractivity (Wildman–Crippen MR) is 208 cm³/mol. The Morgan fingerprint density at radius 3 is 2.19 bits per heavy atom. The molecule has 9 heteroatoms. The quantitative estimate of drug-likeness (QED) is 0.276. The topological polar surface area (TPSA) is 96.4 Å². The van der Waals surface area contributed by atoms with E-state index in [0.717, 1.165) is 69.9 Å². The van der Waals surface area contributed by atoms with E-state index < -0.39 is 6.04 Å². The molecule has 3 atom stereocenters. The van der Waals surface area contributed by atoms with Gasteiger partial charge in [0.1, 0.15) is 11.8 Å². The van der Waals surface area contributed by atoms with E-state index in [0.29, 0.717) is 42.0 Å². The zero-order chi connectivity index (χ0) is 36.9. The van der Waals surface area contributed by atoms with Crippen molar-refractivity contribution in [1.29, 1.82) is 0 Å². The van der Waals surface area contributed by atoms with Gasteiger partial charge in [-0.15, -0.1) is 0 Å². The average molecular weight is 718 g/mol. The lowest BCUT2D eigenvalue weighted by molar-refractivity contribution is -0.136. The number of carbonyl (C=O) groups excluding carboxylic acids is 3. The number of rotatable bonds is 7. The number of phenols is 1. The highest BCUT2D eigenvalue weighted by atomic mass is 16.3. The molecular weight excluding hydrogens is 663 g/mol. The maximum absolute atomic E-state index is 13.1. The highest BCUT2D eigenvalue weighted by molar-refractivity contribution is 6.05. The van der Waals surface area contributed by atoms with E-state index >= 15 is 0 Å². The van der Waals surface area contributed by atoms with E-state index in [1.807, 2.05) is 24.3 Å². The lowest BCUT2D eigenvalue weighted by Gasteiger charge is -2.40. The molecule has 4 aliphatic heterocycles. The average Bonchev–Trinajstić information content (AvgIpc) is 3.46. The first-order chi connectivity index (χ1) is 25.5. The molecule has 0 spiro atoms. The number of imide groups is 1. The van der Waals surface area contributed by atoms with Crippen molar-refractivity contribution < 1.29 is 19.5 Å². The molecule has 3 fully saturated rings. The summed E-state index contributed by atoms with van der Waals surface area (Å²) in [7, 11) is 0. The molecular formula is C44H55N5O4. The fourth-order valence-corrected chi connectivity index (χ4v) is 9.91. The number of anilines is 2. The summed E-state index contributed by atoms with van der Waals surface area (Å²) in [6, 6.07) is 21.0. The lowest BCUT2D eigenvalue weighted by Crippen LogP contribution is -2.52. The summed E-state index contributed by atoms with van der Waals surface area (Å²) in [6.07, 6.45) is 6.44. The van der Waals surface area contributed by atoms with Crippen molar-refractivity contribution in [3.8, 4) is 5.75 Å². The zero-order valence-electron chi connectivity index (χ0n) is 31.7. The third-order valence-electron chi connectivity index (χ3n) is 12.6. The number of piperidine rings is 2. The second-order valence-electron chi connectivity index (χ2n) is 17.5. The van der Waals surface area contributed by atoms with E-state index in [-0.39, 0.29) is 29.6 Å². The molecule has 3 aromatic carbocycles. The van der Waals surface area contributed by atoms with Crippen molar-refractivity contribution in [2.75, 3.05) is 55.6 Å². The number of piperazine rings is 1. The molecule has 4 heterocycles. The Kier molecular flexibility index (Phi) is 9.73. The Morgan fingerprint density at radius 1 is 0.755 bits per heavy atom. The molecule has 0 bridgehead atoms. The predicted octanol–water partition coefficient (Wildman–Crippen LogP) is 6.32. The maximum atomic E-state index is 13.1. The molecule has 3 amide bonds. The Balaban J connectivity index is 0.830. The van der Waals surface area contributed by atoms with Crippen molar-refractivity contribution in [3.63, 3.8) is 0 Å². The fourth-order valence-electron chi connectivity index (χ4n) is 9.91. The van der Waals surface area contributed by atoms with Crippen LogP contribution in [0.25, 0.3) is 0 Å². The Bertz CT molecular complexity index is 1850. The number of nitrogens with one attached hydrogen (secondary N) is 1. The molecule has 5 aliphatic rings. The van der Waals surface area contributed by atoms with Crippen LogP contribution in [0.2, 0.25) is 0 Å². The van der Waals surface area contributed by atoms with Crippen LogP contribution in [0.15, 0.2) is 60.7 Å². The first kappa shape index (κ1) is 35.6. The number of carbonyl (C=O) groups is 3. The summed E-state index contributed by atoms with van der Waals surface area (Å²) < 4.78 is 0. The van der Waals surface area contributed by atoms with Crippen LogP contribution < -0.4 is 15.1 Å². The minimum atomic E-state index is -0.582. The summed E-state index contributed by atoms with van der Waals surface area (Å²) >= 11 is 0. The summed E-state index contributed by atoms with van der Waals surface area (Å²) in [4.78, 5) is 46.5. The van der Waals surface area contributed by atoms with Crippen LogP contribution in [0.3, 0.4) is 0 Å². The second-order valence-corrected chi connectivity index (χ2v) is 17.5. The minimum Gasteiger partial charge on any atom is -0.508 e. The van der Waals surface area contributed by atoms with Crippen LogP contribution in [-0.4, -0.2) is 84.5 Å². The van der Waals surface area contributed by atoms with Crippen molar-refractivity contribution in [2.24, 2.45) is 17.3 Å². The van der Waals surface area contributed by atoms with Crippen LogP contribution in [0.5, 0.6) is 5.75 Å². The molecule has 3 aromatic rings. The van der Waals surface area contributed by atoms with Crippen LogP contribution in [0.4, 0.5) is 11.4 Å². The van der Waals surface area contributed by atoms with Gasteiger partial charge < -0.3 is 19.8 Å². The van der Waals surface area contributed by atoms with Gasteiger partial charge in [-0.3, -0.25) is 24.6 Å². The molecule has 2 N–H and O–H groups in total. The van der Waals surface area contributed by atoms with Gasteiger partial charge in [0.05, 0.1) is 0 Å². The molecule has 0 aromatic heterocycles. The number of hydrogen-bond acceptors (Lipinski definition) is 7. The number of aryl methyl sites for hydroxylation is 1. The van der Waals surface area contributed by atoms with E-state index in [9.17, 15) is 19.5 Å². The highest BCUT2D eigenvalue weighted by Crippen LogP contribution is 2.46. The third-order valence-corrected chi connectivity index (χ3v) is 12.6. The molecule has 0 saturated carbocycles. The standard InChI is InChI=1S/C44H55N5O4/c1-44(2,3)26-32-5-4-31-25-36(50)11-13-37(31)41(32)30-6-8-34(9-7-30)47-18-16-29(17-19-47)27-46-20-22-48(23-21-46)35-10-12-38-33(24-35)28-49(43(38)53)39-14-15-40(51)45-42(39)52/h6-13,24-25,29,32,39,41,50H,4-5,14-23,26-28H2,1-3H3,(H,45,51,52)/t32-,39-,41+/m1/s1. The Morgan fingerprint density at radius 2 is 1.47 bits per heavy atom. The van der Waals surface area contributed by atoms with Gasteiger partial charge in [-0.2, -0.15) is 0 Å². The van der Waals surface area contributed by atoms with E-state index in [2.05, 4.69) is 77.2 Å². The molecule has 0 radical (unpaired) electrons. The molecule has 1 aliphatic carbocycles. The smallest absolute Gasteiger partial charge is 0.255 e. The monoisotopic (exact) mass is 717 g/mol. The SMILES string of the molecule is CC(C)(C)C[C@H]1CCc2cc(O)ccc2[C@H]1c1ccc(N2CCC(CN3CCN(c4ccc5c(c4)CN([C@@H]4CCC(=O)NC4=O)C5=O)CC3)CC2)cc1. The second kappa shape index (κ2) is 14.5. The van der Waals surface area contributed by atoms with Gasteiger partial charge in [0.15, 0.2) is 0 Å².